The molecule has 0 aliphatic heterocycles. The third-order valence-electron chi connectivity index (χ3n) is 3.83. The van der Waals surface area contributed by atoms with Crippen LogP contribution in [0.3, 0.4) is 0 Å². The van der Waals surface area contributed by atoms with E-state index in [4.69, 9.17) is 9.47 Å². The lowest BCUT2D eigenvalue weighted by molar-refractivity contribution is 0.0981. The molecule has 78 valence electrons. The minimum Gasteiger partial charge on any atom is -0.384 e. The Bertz CT molecular complexity index is 183. The summed E-state index contributed by atoms with van der Waals surface area (Å²) in [5.74, 6) is 0.558. The van der Waals surface area contributed by atoms with Crippen molar-refractivity contribution < 1.29 is 9.47 Å². The Labute approximate surface area is 81.6 Å². The average Bonchev–Trinajstić information content (AvgIpc) is 2.57. The van der Waals surface area contributed by atoms with Gasteiger partial charge in [0.15, 0.2) is 0 Å². The molecule has 0 aromatic heterocycles. The van der Waals surface area contributed by atoms with Gasteiger partial charge in [-0.1, -0.05) is 27.7 Å². The molecule has 0 aromatic rings. The van der Waals surface area contributed by atoms with Gasteiger partial charge >= 0.3 is 0 Å². The van der Waals surface area contributed by atoms with Crippen LogP contribution in [0.25, 0.3) is 0 Å². The molecule has 0 aromatic carbocycles. The maximum absolute atomic E-state index is 5.49. The highest BCUT2D eigenvalue weighted by atomic mass is 16.5. The Morgan fingerprint density at radius 3 is 2.00 bits per heavy atom. The van der Waals surface area contributed by atoms with Crippen LogP contribution >= 0.6 is 0 Å². The van der Waals surface area contributed by atoms with Crippen LogP contribution in [0.2, 0.25) is 0 Å². The SMILES string of the molecule is COCC1C(OC)C1(C)C(C)(C)C. The van der Waals surface area contributed by atoms with Crippen molar-refractivity contribution >= 4 is 0 Å². The summed E-state index contributed by atoms with van der Waals surface area (Å²) in [5.41, 5.74) is 0.564. The van der Waals surface area contributed by atoms with E-state index in [1.807, 2.05) is 0 Å². The molecule has 13 heavy (non-hydrogen) atoms. The van der Waals surface area contributed by atoms with Crippen LogP contribution in [-0.4, -0.2) is 26.9 Å². The third kappa shape index (κ3) is 1.50. The Kier molecular flexibility index (Phi) is 2.75. The molecular weight excluding hydrogens is 164 g/mol. The van der Waals surface area contributed by atoms with Gasteiger partial charge in [-0.15, -0.1) is 0 Å². The highest BCUT2D eigenvalue weighted by molar-refractivity contribution is 5.14. The van der Waals surface area contributed by atoms with Crippen molar-refractivity contribution in [3.05, 3.63) is 0 Å². The standard InChI is InChI=1S/C11H22O2/c1-10(2,3)11(4)8(7-12-5)9(11)13-6/h8-9H,7H2,1-6H3. The smallest absolute Gasteiger partial charge is 0.0690 e. The van der Waals surface area contributed by atoms with Crippen molar-refractivity contribution in [2.24, 2.45) is 16.7 Å². The molecule has 0 bridgehead atoms. The van der Waals surface area contributed by atoms with E-state index in [2.05, 4.69) is 27.7 Å². The number of methoxy groups -OCH3 is 2. The summed E-state index contributed by atoms with van der Waals surface area (Å²) in [4.78, 5) is 0. The number of hydrogen-bond acceptors (Lipinski definition) is 2. The molecule has 1 saturated carbocycles. The Balaban J connectivity index is 2.70. The molecule has 1 rings (SSSR count). The molecule has 1 aliphatic rings. The van der Waals surface area contributed by atoms with Gasteiger partial charge in [-0.3, -0.25) is 0 Å². The van der Waals surface area contributed by atoms with E-state index in [1.165, 1.54) is 0 Å². The molecule has 2 nitrogen and oxygen atoms in total. The summed E-state index contributed by atoms with van der Waals surface area (Å²) in [6.07, 6.45) is 0.368. The fourth-order valence-electron chi connectivity index (χ4n) is 2.39. The first kappa shape index (κ1) is 11.0. The molecular formula is C11H22O2. The summed E-state index contributed by atoms with van der Waals surface area (Å²) < 4.78 is 10.7. The predicted octanol–water partition coefficient (Wildman–Crippen LogP) is 2.33. The van der Waals surface area contributed by atoms with Gasteiger partial charge in [-0.05, 0) is 5.41 Å². The third-order valence-corrected chi connectivity index (χ3v) is 3.83. The second-order valence-corrected chi connectivity index (χ2v) is 5.25. The van der Waals surface area contributed by atoms with Gasteiger partial charge in [-0.25, -0.2) is 0 Å². The minimum atomic E-state index is 0.276. The molecule has 0 N–H and O–H groups in total. The lowest BCUT2D eigenvalue weighted by Crippen LogP contribution is -2.24. The number of rotatable bonds is 3. The number of ether oxygens (including phenoxy) is 2. The predicted molar refractivity (Wildman–Crippen MR) is 53.7 cm³/mol. The monoisotopic (exact) mass is 186 g/mol. The molecule has 0 radical (unpaired) electrons. The van der Waals surface area contributed by atoms with E-state index in [1.54, 1.807) is 14.2 Å². The Hall–Kier alpha value is -0.0800. The topological polar surface area (TPSA) is 18.5 Å². The molecule has 2 heteroatoms. The molecule has 0 heterocycles. The fraction of sp³-hybridized carbons (Fsp3) is 1.00. The number of hydrogen-bond donors (Lipinski definition) is 0. The van der Waals surface area contributed by atoms with Crippen LogP contribution in [-0.2, 0) is 9.47 Å². The lowest BCUT2D eigenvalue weighted by Gasteiger charge is -2.28. The maximum Gasteiger partial charge on any atom is 0.0690 e. The molecule has 0 saturated heterocycles. The molecule has 3 unspecified atom stereocenters. The van der Waals surface area contributed by atoms with E-state index in [9.17, 15) is 0 Å². The summed E-state index contributed by atoms with van der Waals surface area (Å²) in [7, 11) is 3.55. The molecule has 1 fully saturated rings. The van der Waals surface area contributed by atoms with E-state index < -0.39 is 0 Å². The van der Waals surface area contributed by atoms with E-state index >= 15 is 0 Å². The van der Waals surface area contributed by atoms with Gasteiger partial charge < -0.3 is 9.47 Å². The van der Waals surface area contributed by atoms with Crippen molar-refractivity contribution in [3.8, 4) is 0 Å². The summed E-state index contributed by atoms with van der Waals surface area (Å²) in [6.45, 7) is 9.93. The zero-order valence-corrected chi connectivity index (χ0v) is 9.68. The van der Waals surface area contributed by atoms with Gasteiger partial charge in [0.2, 0.25) is 0 Å². The van der Waals surface area contributed by atoms with E-state index in [-0.39, 0.29) is 10.8 Å². The normalized spacial score (nSPS) is 39.2. The summed E-state index contributed by atoms with van der Waals surface area (Å²) in [6, 6.07) is 0. The summed E-state index contributed by atoms with van der Waals surface area (Å²) >= 11 is 0. The fourth-order valence-corrected chi connectivity index (χ4v) is 2.39. The first-order valence-electron chi connectivity index (χ1n) is 4.91. The van der Waals surface area contributed by atoms with Gasteiger partial charge in [0.1, 0.15) is 0 Å². The van der Waals surface area contributed by atoms with Crippen molar-refractivity contribution in [2.45, 2.75) is 33.8 Å². The largest absolute Gasteiger partial charge is 0.384 e. The highest BCUT2D eigenvalue weighted by Gasteiger charge is 2.67. The van der Waals surface area contributed by atoms with Crippen LogP contribution in [0.4, 0.5) is 0 Å². The molecule has 0 amide bonds. The van der Waals surface area contributed by atoms with Crippen molar-refractivity contribution in [2.75, 3.05) is 20.8 Å². The van der Waals surface area contributed by atoms with Crippen LogP contribution in [0.5, 0.6) is 0 Å². The molecule has 3 atom stereocenters. The van der Waals surface area contributed by atoms with Gasteiger partial charge in [-0.2, -0.15) is 0 Å². The zero-order valence-electron chi connectivity index (χ0n) is 9.68. The second-order valence-electron chi connectivity index (χ2n) is 5.25. The van der Waals surface area contributed by atoms with E-state index in [0.29, 0.717) is 12.0 Å². The van der Waals surface area contributed by atoms with Crippen LogP contribution in [0.15, 0.2) is 0 Å². The van der Waals surface area contributed by atoms with Crippen molar-refractivity contribution in [3.63, 3.8) is 0 Å². The Morgan fingerprint density at radius 2 is 1.77 bits per heavy atom. The van der Waals surface area contributed by atoms with Crippen LogP contribution in [0.1, 0.15) is 27.7 Å². The average molecular weight is 186 g/mol. The Morgan fingerprint density at radius 1 is 1.23 bits per heavy atom. The van der Waals surface area contributed by atoms with Gasteiger partial charge in [0.05, 0.1) is 12.7 Å². The first-order chi connectivity index (χ1) is 5.89. The lowest BCUT2D eigenvalue weighted by atomic mass is 9.77. The molecule has 0 spiro atoms. The maximum atomic E-state index is 5.49. The van der Waals surface area contributed by atoms with Crippen LogP contribution in [0, 0.1) is 16.7 Å². The second kappa shape index (κ2) is 3.25. The van der Waals surface area contributed by atoms with Crippen molar-refractivity contribution in [1.82, 2.24) is 0 Å². The highest BCUT2D eigenvalue weighted by Crippen LogP contribution is 2.64. The quantitative estimate of drug-likeness (QED) is 0.673. The minimum absolute atomic E-state index is 0.276. The first-order valence-corrected chi connectivity index (χ1v) is 4.91. The van der Waals surface area contributed by atoms with Gasteiger partial charge in [0, 0.05) is 25.6 Å². The van der Waals surface area contributed by atoms with Gasteiger partial charge in [0.25, 0.3) is 0 Å². The zero-order chi connectivity index (χ0) is 10.3. The summed E-state index contributed by atoms with van der Waals surface area (Å²) in [5, 5.41) is 0. The van der Waals surface area contributed by atoms with E-state index in [0.717, 1.165) is 6.61 Å². The van der Waals surface area contributed by atoms with Crippen LogP contribution < -0.4 is 0 Å². The molecule has 1 aliphatic carbocycles. The van der Waals surface area contributed by atoms with Crippen molar-refractivity contribution in [1.29, 1.82) is 0 Å².